The molecule has 2 aromatic carbocycles. The van der Waals surface area contributed by atoms with E-state index in [1.807, 2.05) is 93.2 Å². The van der Waals surface area contributed by atoms with Crippen molar-refractivity contribution in [2.75, 3.05) is 52.6 Å². The van der Waals surface area contributed by atoms with Crippen LogP contribution in [-0.4, -0.2) is 130 Å². The lowest BCUT2D eigenvalue weighted by molar-refractivity contribution is -0.144. The van der Waals surface area contributed by atoms with Gasteiger partial charge in [0.1, 0.15) is 29.0 Å². The van der Waals surface area contributed by atoms with E-state index >= 15 is 0 Å². The van der Waals surface area contributed by atoms with Gasteiger partial charge in [0.2, 0.25) is 23.6 Å². The van der Waals surface area contributed by atoms with Crippen LogP contribution in [0.25, 0.3) is 15.4 Å². The average Bonchev–Trinajstić information content (AvgIpc) is 4.08. The fourth-order valence-electron chi connectivity index (χ4n) is 8.30. The number of hydrogen-bond donors (Lipinski definition) is 5. The largest absolute Gasteiger partial charge is 0.391 e. The summed E-state index contributed by atoms with van der Waals surface area (Å²) in [5.74, 6) is -0.0626. The van der Waals surface area contributed by atoms with E-state index in [0.717, 1.165) is 59.8 Å². The van der Waals surface area contributed by atoms with Crippen LogP contribution in [0.4, 0.5) is 0 Å². The molecule has 4 amide bonds. The van der Waals surface area contributed by atoms with Crippen molar-refractivity contribution in [3.05, 3.63) is 104 Å². The number of carbonyl (C=O) groups excluding carboxylic acids is 4. The molecule has 5 N–H and O–H groups in total. The molecule has 1 saturated heterocycles. The Morgan fingerprint density at radius 1 is 0.899 bits per heavy atom. The molecule has 7 rings (SSSR count). The number of ether oxygens (including phenoxy) is 2. The van der Waals surface area contributed by atoms with Gasteiger partial charge >= 0.3 is 0 Å². The van der Waals surface area contributed by atoms with Gasteiger partial charge in [-0.2, -0.15) is 0 Å². The number of amides is 4. The highest BCUT2D eigenvalue weighted by Gasteiger charge is 2.44. The Kier molecular flexibility index (Phi) is 17.2. The monoisotopic (exact) mass is 1000 g/mol. The third kappa shape index (κ3) is 12.7. The van der Waals surface area contributed by atoms with Gasteiger partial charge in [-0.3, -0.25) is 28.7 Å². The quantitative estimate of drug-likeness (QED) is 0.0642. The van der Waals surface area contributed by atoms with Gasteiger partial charge in [-0.15, -0.1) is 32.9 Å². The van der Waals surface area contributed by atoms with Crippen LogP contribution in [0.15, 0.2) is 59.0 Å². The number of rotatable bonds is 20. The maximum Gasteiger partial charge on any atom is 0.246 e. The van der Waals surface area contributed by atoms with Crippen molar-refractivity contribution in [2.24, 2.45) is 10.4 Å². The number of benzene rings is 2. The molecule has 368 valence electrons. The number of thiophene rings is 1. The topological polar surface area (TPSA) is 214 Å². The summed E-state index contributed by atoms with van der Waals surface area (Å²) in [6.45, 7) is 15.6. The molecule has 0 spiro atoms. The summed E-state index contributed by atoms with van der Waals surface area (Å²) < 4.78 is 13.4. The fraction of sp³-hybridized carbons (Fsp3) is 0.469. The predicted molar refractivity (Wildman–Crippen MR) is 267 cm³/mol. The highest BCUT2D eigenvalue weighted by Crippen LogP contribution is 2.40. The van der Waals surface area contributed by atoms with E-state index in [2.05, 4.69) is 50.3 Å². The van der Waals surface area contributed by atoms with Crippen LogP contribution in [0.2, 0.25) is 5.02 Å². The molecule has 20 heteroatoms. The van der Waals surface area contributed by atoms with Gasteiger partial charge in [0.05, 0.1) is 67.3 Å². The molecule has 0 aliphatic carbocycles. The van der Waals surface area contributed by atoms with Crippen LogP contribution in [0.3, 0.4) is 0 Å². The molecule has 1 unspecified atom stereocenters. The molecular formula is C49H61ClN10O7S2. The molecule has 2 aliphatic rings. The van der Waals surface area contributed by atoms with Crippen molar-refractivity contribution in [1.82, 2.24) is 45.9 Å². The van der Waals surface area contributed by atoms with Gasteiger partial charge in [-0.1, -0.05) is 68.8 Å². The first kappa shape index (κ1) is 51.4. The second-order valence-corrected chi connectivity index (χ2v) is 20.8. The Morgan fingerprint density at radius 3 is 2.28 bits per heavy atom. The first-order chi connectivity index (χ1) is 33.0. The number of nitrogens with one attached hydrogen (secondary N) is 4. The Morgan fingerprint density at radius 2 is 1.59 bits per heavy atom. The summed E-state index contributed by atoms with van der Waals surface area (Å²) in [4.78, 5) is 66.9. The van der Waals surface area contributed by atoms with Gasteiger partial charge < -0.3 is 40.7 Å². The zero-order chi connectivity index (χ0) is 49.4. The van der Waals surface area contributed by atoms with Crippen molar-refractivity contribution in [1.29, 1.82) is 0 Å². The highest BCUT2D eigenvalue weighted by atomic mass is 35.5. The first-order valence-electron chi connectivity index (χ1n) is 23.0. The van der Waals surface area contributed by atoms with Crippen molar-refractivity contribution in [2.45, 2.75) is 92.1 Å². The number of halogens is 1. The SMILES string of the molecule is Cc1ncsc1-c1ccc(CNC(=O)[C@@H]2C[C@@H](O)CN2C(=O)[C@@H](NC(=O)CNCCOCCOCCNC(=O)CC2N=C(c3ccc(Cl)cc3)c3c(sc(C)c3C)-n3c(C)nnc32)C(C)(C)C)cc1. The van der Waals surface area contributed by atoms with E-state index in [-0.39, 0.29) is 50.9 Å². The van der Waals surface area contributed by atoms with E-state index in [1.54, 1.807) is 22.7 Å². The van der Waals surface area contributed by atoms with Gasteiger partial charge in [0.25, 0.3) is 0 Å². The number of aromatic nitrogens is 4. The molecular weight excluding hydrogens is 940 g/mol. The fourth-order valence-corrected chi connectivity index (χ4v) is 10.5. The lowest BCUT2D eigenvalue weighted by atomic mass is 9.85. The second-order valence-electron chi connectivity index (χ2n) is 18.3. The van der Waals surface area contributed by atoms with Gasteiger partial charge in [-0.05, 0) is 61.9 Å². The zero-order valence-corrected chi connectivity index (χ0v) is 42.4. The number of aryl methyl sites for hydroxylation is 3. The number of carbonyl (C=O) groups is 4. The number of aliphatic hydroxyl groups excluding tert-OH is 1. The minimum Gasteiger partial charge on any atom is -0.391 e. The maximum atomic E-state index is 14.0. The van der Waals surface area contributed by atoms with E-state index in [1.165, 1.54) is 4.90 Å². The van der Waals surface area contributed by atoms with Crippen molar-refractivity contribution < 1.29 is 33.8 Å². The van der Waals surface area contributed by atoms with Crippen LogP contribution >= 0.6 is 34.3 Å². The smallest absolute Gasteiger partial charge is 0.246 e. The third-order valence-corrected chi connectivity index (χ3v) is 14.5. The number of β-amino-alcohol motifs (C(OH)–C–C–N with tert-alkyl or cyclic N) is 1. The van der Waals surface area contributed by atoms with Crippen LogP contribution in [-0.2, 0) is 35.2 Å². The number of hydrogen-bond acceptors (Lipinski definition) is 14. The molecule has 17 nitrogen and oxygen atoms in total. The minimum atomic E-state index is -0.944. The van der Waals surface area contributed by atoms with E-state index in [4.69, 9.17) is 26.1 Å². The number of likely N-dealkylation sites (tertiary alicyclic amines) is 1. The van der Waals surface area contributed by atoms with Crippen LogP contribution in [0.5, 0.6) is 0 Å². The second kappa shape index (κ2) is 23.0. The molecule has 5 aromatic rings. The van der Waals surface area contributed by atoms with Crippen molar-refractivity contribution in [3.8, 4) is 15.4 Å². The van der Waals surface area contributed by atoms with Gasteiger partial charge in [-0.25, -0.2) is 4.98 Å². The number of fused-ring (bicyclic) bond motifs is 3. The van der Waals surface area contributed by atoms with Gasteiger partial charge in [0, 0.05) is 53.6 Å². The van der Waals surface area contributed by atoms with Crippen LogP contribution < -0.4 is 21.3 Å². The zero-order valence-electron chi connectivity index (χ0n) is 40.1. The lowest BCUT2D eigenvalue weighted by Crippen LogP contribution is -2.58. The molecule has 69 heavy (non-hydrogen) atoms. The standard InChI is InChI=1S/C49H61ClN10O7S2/c1-28-30(3)69-48-41(28)42(33-12-14-35(50)15-13-33)55-37(45-58-57-31(4)60(45)48)23-39(62)52-17-19-67-21-20-66-18-16-51-25-40(63)56-44(49(5,6)7)47(65)59-26-36(61)22-38(59)46(64)53-24-32-8-10-34(11-9-32)43-29(2)54-27-68-43/h8-15,27,36-38,44,51,61H,16-26H2,1-7H3,(H,52,62)(H,53,64)(H,56,63)/t36-,37?,38+,44-/m1/s1. The summed E-state index contributed by atoms with van der Waals surface area (Å²) in [5, 5.41) is 32.8. The van der Waals surface area contributed by atoms with Crippen LogP contribution in [0.1, 0.15) is 84.1 Å². The molecule has 0 saturated carbocycles. The number of nitrogens with zero attached hydrogens (tertiary/aromatic N) is 6. The predicted octanol–water partition coefficient (Wildman–Crippen LogP) is 5.17. The van der Waals surface area contributed by atoms with Crippen molar-refractivity contribution >= 4 is 63.6 Å². The third-order valence-electron chi connectivity index (χ3n) is 12.1. The summed E-state index contributed by atoms with van der Waals surface area (Å²) in [7, 11) is 0. The number of aliphatic hydroxyl groups is 1. The van der Waals surface area contributed by atoms with E-state index < -0.39 is 41.5 Å². The molecule has 5 heterocycles. The summed E-state index contributed by atoms with van der Waals surface area (Å²) in [6, 6.07) is 13.0. The van der Waals surface area contributed by atoms with Gasteiger partial charge in [0.15, 0.2) is 5.82 Å². The summed E-state index contributed by atoms with van der Waals surface area (Å²) in [6.07, 6.45) is -0.705. The molecule has 0 radical (unpaired) electrons. The van der Waals surface area contributed by atoms with Crippen LogP contribution in [0, 0.1) is 33.1 Å². The van der Waals surface area contributed by atoms with Crippen molar-refractivity contribution in [3.63, 3.8) is 0 Å². The summed E-state index contributed by atoms with van der Waals surface area (Å²) in [5.41, 5.74) is 7.82. The molecule has 2 aliphatic heterocycles. The maximum absolute atomic E-state index is 14.0. The Balaban J connectivity index is 0.797. The van der Waals surface area contributed by atoms with E-state index in [9.17, 15) is 24.3 Å². The summed E-state index contributed by atoms with van der Waals surface area (Å²) >= 11 is 9.46. The Labute approximate surface area is 415 Å². The molecule has 1 fully saturated rings. The first-order valence-corrected chi connectivity index (χ1v) is 25.1. The minimum absolute atomic E-state index is 0.0125. The Hall–Kier alpha value is -5.41. The normalized spacial score (nSPS) is 17.1. The van der Waals surface area contributed by atoms with E-state index in [0.29, 0.717) is 43.8 Å². The number of aliphatic imine (C=N–C) groups is 1. The molecule has 4 atom stereocenters. The molecule has 3 aromatic heterocycles. The molecule has 0 bridgehead atoms. The average molecular weight is 1000 g/mol. The number of thiazole rings is 1. The lowest BCUT2D eigenvalue weighted by Gasteiger charge is -2.35. The highest BCUT2D eigenvalue weighted by molar-refractivity contribution is 7.15. The Bertz CT molecular complexity index is 2640.